The molecule has 1 aliphatic rings. The highest BCUT2D eigenvalue weighted by molar-refractivity contribution is 9.10. The molecule has 1 aromatic heterocycles. The van der Waals surface area contributed by atoms with Gasteiger partial charge < -0.3 is 5.32 Å². The summed E-state index contributed by atoms with van der Waals surface area (Å²) >= 11 is 3.30. The van der Waals surface area contributed by atoms with E-state index in [1.54, 1.807) is 0 Å². The summed E-state index contributed by atoms with van der Waals surface area (Å²) in [5.74, 6) is 0.411. The molecule has 2 heterocycles. The second kappa shape index (κ2) is 4.75. The van der Waals surface area contributed by atoms with Crippen LogP contribution in [0.5, 0.6) is 0 Å². The van der Waals surface area contributed by atoms with E-state index in [1.165, 1.54) is 5.56 Å². The van der Waals surface area contributed by atoms with Crippen LogP contribution in [0, 0.1) is 5.92 Å². The number of carbonyl (C=O) groups excluding carboxylic acids is 1. The molecule has 0 radical (unpaired) electrons. The van der Waals surface area contributed by atoms with Crippen LogP contribution in [0.15, 0.2) is 22.9 Å². The van der Waals surface area contributed by atoms with Crippen LogP contribution in [0.25, 0.3) is 0 Å². The van der Waals surface area contributed by atoms with Crippen LogP contribution in [0.2, 0.25) is 0 Å². The van der Waals surface area contributed by atoms with Gasteiger partial charge in [0.2, 0.25) is 5.91 Å². The molecule has 0 saturated carbocycles. The smallest absolute Gasteiger partial charge is 0.223 e. The van der Waals surface area contributed by atoms with E-state index in [-0.39, 0.29) is 11.8 Å². The Morgan fingerprint density at radius 2 is 2.40 bits per heavy atom. The van der Waals surface area contributed by atoms with Crippen LogP contribution in [0.3, 0.4) is 0 Å². The number of pyridine rings is 1. The molecule has 1 unspecified atom stereocenters. The number of aromatic nitrogens is 1. The van der Waals surface area contributed by atoms with Gasteiger partial charge in [-0.05, 0) is 46.8 Å². The van der Waals surface area contributed by atoms with E-state index in [4.69, 9.17) is 0 Å². The minimum atomic E-state index is 0.202. The molecule has 1 saturated heterocycles. The van der Waals surface area contributed by atoms with Gasteiger partial charge in [-0.2, -0.15) is 0 Å². The third-order valence-corrected chi connectivity index (χ3v) is 3.20. The predicted octanol–water partition coefficient (Wildman–Crippen LogP) is 1.91. The van der Waals surface area contributed by atoms with Gasteiger partial charge in [-0.25, -0.2) is 4.98 Å². The Kier molecular flexibility index (Phi) is 3.36. The minimum absolute atomic E-state index is 0.202. The van der Waals surface area contributed by atoms with E-state index in [1.807, 2.05) is 18.3 Å². The number of amides is 1. The van der Waals surface area contributed by atoms with E-state index >= 15 is 0 Å². The Hall–Kier alpha value is -0.900. The van der Waals surface area contributed by atoms with Crippen molar-refractivity contribution in [1.82, 2.24) is 10.3 Å². The zero-order valence-corrected chi connectivity index (χ0v) is 9.96. The summed E-state index contributed by atoms with van der Waals surface area (Å²) in [4.78, 5) is 15.5. The first-order valence-electron chi connectivity index (χ1n) is 5.14. The summed E-state index contributed by atoms with van der Waals surface area (Å²) in [7, 11) is 0. The van der Waals surface area contributed by atoms with Gasteiger partial charge in [0.15, 0.2) is 0 Å². The van der Waals surface area contributed by atoms with Gasteiger partial charge in [-0.1, -0.05) is 6.07 Å². The largest absolute Gasteiger partial charge is 0.356 e. The number of nitrogens with one attached hydrogen (secondary N) is 1. The lowest BCUT2D eigenvalue weighted by molar-refractivity contribution is -0.122. The summed E-state index contributed by atoms with van der Waals surface area (Å²) in [6.45, 7) is 0.835. The van der Waals surface area contributed by atoms with Crippen LogP contribution in [0.4, 0.5) is 0 Å². The summed E-state index contributed by atoms with van der Waals surface area (Å²) in [6.07, 6.45) is 4.69. The van der Waals surface area contributed by atoms with Crippen molar-refractivity contribution in [3.8, 4) is 0 Å². The van der Waals surface area contributed by atoms with Crippen molar-refractivity contribution in [2.75, 3.05) is 6.54 Å². The molecule has 0 bridgehead atoms. The number of nitrogens with zero attached hydrogens (tertiary/aromatic N) is 1. The summed E-state index contributed by atoms with van der Waals surface area (Å²) in [5, 5.41) is 2.85. The molecule has 3 nitrogen and oxygen atoms in total. The molecule has 4 heteroatoms. The molecule has 0 spiro atoms. The van der Waals surface area contributed by atoms with Gasteiger partial charge >= 0.3 is 0 Å². The number of carbonyl (C=O) groups is 1. The highest BCUT2D eigenvalue weighted by Crippen LogP contribution is 2.17. The molecule has 1 amide bonds. The fourth-order valence-corrected chi connectivity index (χ4v) is 2.05. The lowest BCUT2D eigenvalue weighted by Gasteiger charge is -2.05. The first-order chi connectivity index (χ1) is 7.25. The van der Waals surface area contributed by atoms with Crippen LogP contribution in [-0.2, 0) is 11.2 Å². The Labute approximate surface area is 97.4 Å². The average Bonchev–Trinajstić information content (AvgIpc) is 2.63. The predicted molar refractivity (Wildman–Crippen MR) is 61.4 cm³/mol. The van der Waals surface area contributed by atoms with Crippen LogP contribution in [0.1, 0.15) is 18.4 Å². The van der Waals surface area contributed by atoms with E-state index in [0.717, 1.165) is 30.4 Å². The Bertz CT molecular complexity index is 350. The molecule has 1 aliphatic heterocycles. The van der Waals surface area contributed by atoms with Crippen molar-refractivity contribution < 1.29 is 4.79 Å². The number of hydrogen-bond donors (Lipinski definition) is 1. The molecule has 80 valence electrons. The fraction of sp³-hybridized carbons (Fsp3) is 0.455. The maximum Gasteiger partial charge on any atom is 0.223 e. The third kappa shape index (κ3) is 2.78. The van der Waals surface area contributed by atoms with Gasteiger partial charge in [-0.15, -0.1) is 0 Å². The topological polar surface area (TPSA) is 42.0 Å². The quantitative estimate of drug-likeness (QED) is 0.852. The highest BCUT2D eigenvalue weighted by atomic mass is 79.9. The van der Waals surface area contributed by atoms with Gasteiger partial charge in [-0.3, -0.25) is 4.79 Å². The lowest BCUT2D eigenvalue weighted by atomic mass is 9.99. The molecule has 1 atom stereocenters. The van der Waals surface area contributed by atoms with Crippen LogP contribution >= 0.6 is 15.9 Å². The van der Waals surface area contributed by atoms with Crippen molar-refractivity contribution in [3.63, 3.8) is 0 Å². The SMILES string of the molecule is O=C1NCCC1CCc1ccc(Br)nc1. The van der Waals surface area contributed by atoms with Crippen molar-refractivity contribution in [2.45, 2.75) is 19.3 Å². The zero-order chi connectivity index (χ0) is 10.7. The summed E-state index contributed by atoms with van der Waals surface area (Å²) in [5.41, 5.74) is 1.19. The summed E-state index contributed by atoms with van der Waals surface area (Å²) < 4.78 is 0.852. The number of rotatable bonds is 3. The maximum atomic E-state index is 11.3. The third-order valence-electron chi connectivity index (χ3n) is 2.73. The highest BCUT2D eigenvalue weighted by Gasteiger charge is 2.23. The second-order valence-corrected chi connectivity index (χ2v) is 4.62. The monoisotopic (exact) mass is 268 g/mol. The fourth-order valence-electron chi connectivity index (χ4n) is 1.82. The normalized spacial score (nSPS) is 20.3. The Morgan fingerprint density at radius 3 is 3.00 bits per heavy atom. The van der Waals surface area contributed by atoms with E-state index in [9.17, 15) is 4.79 Å². The Balaban J connectivity index is 1.87. The molecule has 1 fully saturated rings. The van der Waals surface area contributed by atoms with E-state index in [0.29, 0.717) is 0 Å². The molecule has 1 N–H and O–H groups in total. The second-order valence-electron chi connectivity index (χ2n) is 3.80. The van der Waals surface area contributed by atoms with Crippen molar-refractivity contribution >= 4 is 21.8 Å². The van der Waals surface area contributed by atoms with Gasteiger partial charge in [0.05, 0.1) is 0 Å². The number of hydrogen-bond acceptors (Lipinski definition) is 2. The first-order valence-corrected chi connectivity index (χ1v) is 5.93. The molecule has 2 rings (SSSR count). The molecule has 0 aromatic carbocycles. The van der Waals surface area contributed by atoms with Crippen molar-refractivity contribution in [3.05, 3.63) is 28.5 Å². The van der Waals surface area contributed by atoms with Crippen molar-refractivity contribution in [1.29, 1.82) is 0 Å². The first kappa shape index (κ1) is 10.6. The molecular weight excluding hydrogens is 256 g/mol. The molecule has 0 aliphatic carbocycles. The minimum Gasteiger partial charge on any atom is -0.356 e. The maximum absolute atomic E-state index is 11.3. The number of halogens is 1. The van der Waals surface area contributed by atoms with Gasteiger partial charge in [0.1, 0.15) is 4.60 Å². The molecular formula is C11H13BrN2O. The standard InChI is InChI=1S/C11H13BrN2O/c12-10-4-2-8(7-14-10)1-3-9-5-6-13-11(9)15/h2,4,7,9H,1,3,5-6H2,(H,13,15). The van der Waals surface area contributed by atoms with Gasteiger partial charge in [0.25, 0.3) is 0 Å². The molecule has 15 heavy (non-hydrogen) atoms. The lowest BCUT2D eigenvalue weighted by Crippen LogP contribution is -2.19. The Morgan fingerprint density at radius 1 is 1.53 bits per heavy atom. The van der Waals surface area contributed by atoms with E-state index in [2.05, 4.69) is 26.2 Å². The van der Waals surface area contributed by atoms with Crippen LogP contribution < -0.4 is 5.32 Å². The van der Waals surface area contributed by atoms with Crippen LogP contribution in [-0.4, -0.2) is 17.4 Å². The zero-order valence-electron chi connectivity index (χ0n) is 8.37. The van der Waals surface area contributed by atoms with Gasteiger partial charge in [0, 0.05) is 18.7 Å². The average molecular weight is 269 g/mol. The van der Waals surface area contributed by atoms with E-state index < -0.39 is 0 Å². The summed E-state index contributed by atoms with van der Waals surface area (Å²) in [6, 6.07) is 3.98. The van der Waals surface area contributed by atoms with Crippen molar-refractivity contribution in [2.24, 2.45) is 5.92 Å². The number of aryl methyl sites for hydroxylation is 1. The molecule has 1 aromatic rings.